The minimum absolute atomic E-state index is 0.502. The molecule has 1 fully saturated rings. The van der Waals surface area contributed by atoms with E-state index in [9.17, 15) is 0 Å². The zero-order chi connectivity index (χ0) is 9.10. The minimum atomic E-state index is 0.502. The van der Waals surface area contributed by atoms with Crippen molar-refractivity contribution in [3.05, 3.63) is 24.2 Å². The molecule has 1 saturated heterocycles. The van der Waals surface area contributed by atoms with E-state index in [0.717, 1.165) is 31.9 Å². The first-order valence-electron chi connectivity index (χ1n) is 4.79. The van der Waals surface area contributed by atoms with Gasteiger partial charge in [-0.3, -0.25) is 0 Å². The summed E-state index contributed by atoms with van der Waals surface area (Å²) >= 11 is 0. The molecule has 0 saturated carbocycles. The lowest BCUT2D eigenvalue weighted by molar-refractivity contribution is 0.324. The number of furan rings is 1. The molecule has 3 nitrogen and oxygen atoms in total. The third-order valence-electron chi connectivity index (χ3n) is 2.54. The molecule has 1 unspecified atom stereocenters. The fraction of sp³-hybridized carbons (Fsp3) is 0.600. The summed E-state index contributed by atoms with van der Waals surface area (Å²) in [4.78, 5) is 2.34. The first-order valence-corrected chi connectivity index (χ1v) is 4.79. The highest BCUT2D eigenvalue weighted by Gasteiger charge is 2.18. The van der Waals surface area contributed by atoms with Crippen molar-refractivity contribution in [1.29, 1.82) is 0 Å². The van der Waals surface area contributed by atoms with Crippen LogP contribution in [0.4, 0.5) is 0 Å². The van der Waals surface area contributed by atoms with Crippen molar-refractivity contribution in [2.45, 2.75) is 5.92 Å². The van der Waals surface area contributed by atoms with Gasteiger partial charge in [-0.05, 0) is 19.2 Å². The van der Waals surface area contributed by atoms with Gasteiger partial charge in [0.15, 0.2) is 0 Å². The van der Waals surface area contributed by atoms with Crippen molar-refractivity contribution >= 4 is 0 Å². The lowest BCUT2D eigenvalue weighted by atomic mass is 10.1. The molecule has 0 spiro atoms. The van der Waals surface area contributed by atoms with Crippen molar-refractivity contribution in [1.82, 2.24) is 10.2 Å². The van der Waals surface area contributed by atoms with Gasteiger partial charge in [0.2, 0.25) is 0 Å². The summed E-state index contributed by atoms with van der Waals surface area (Å²) in [5.74, 6) is 1.60. The molecule has 1 aromatic rings. The second kappa shape index (κ2) is 3.94. The lowest BCUT2D eigenvalue weighted by Gasteiger charge is -2.17. The van der Waals surface area contributed by atoms with E-state index in [1.165, 1.54) is 0 Å². The molecule has 0 bridgehead atoms. The van der Waals surface area contributed by atoms with Gasteiger partial charge in [-0.25, -0.2) is 0 Å². The summed E-state index contributed by atoms with van der Waals surface area (Å²) in [5.41, 5.74) is 0. The minimum Gasteiger partial charge on any atom is -0.469 e. The summed E-state index contributed by atoms with van der Waals surface area (Å²) in [5, 5.41) is 3.41. The largest absolute Gasteiger partial charge is 0.469 e. The van der Waals surface area contributed by atoms with E-state index >= 15 is 0 Å². The molecule has 72 valence electrons. The molecule has 13 heavy (non-hydrogen) atoms. The topological polar surface area (TPSA) is 28.4 Å². The first kappa shape index (κ1) is 8.78. The van der Waals surface area contributed by atoms with Crippen LogP contribution < -0.4 is 5.32 Å². The zero-order valence-electron chi connectivity index (χ0n) is 7.99. The van der Waals surface area contributed by atoms with Crippen LogP contribution in [0.25, 0.3) is 0 Å². The van der Waals surface area contributed by atoms with Crippen LogP contribution in [0, 0.1) is 0 Å². The first-order chi connectivity index (χ1) is 6.36. The molecular formula is C10H16N2O. The smallest absolute Gasteiger partial charge is 0.109 e. The third kappa shape index (κ3) is 2.11. The van der Waals surface area contributed by atoms with E-state index in [2.05, 4.69) is 23.3 Å². The Morgan fingerprint density at radius 1 is 1.62 bits per heavy atom. The Morgan fingerprint density at radius 2 is 2.54 bits per heavy atom. The predicted octanol–water partition coefficient (Wildman–Crippen LogP) is 0.898. The van der Waals surface area contributed by atoms with E-state index in [1.807, 2.05) is 6.07 Å². The highest BCUT2D eigenvalue weighted by molar-refractivity contribution is 5.07. The SMILES string of the molecule is CN1CCNCC(c2ccco2)C1. The predicted molar refractivity (Wildman–Crippen MR) is 51.8 cm³/mol. The standard InChI is InChI=1S/C10H16N2O/c1-12-5-4-11-7-9(8-12)10-3-2-6-13-10/h2-3,6,9,11H,4-5,7-8H2,1H3. The van der Waals surface area contributed by atoms with E-state index in [-0.39, 0.29) is 0 Å². The zero-order valence-corrected chi connectivity index (χ0v) is 7.99. The maximum Gasteiger partial charge on any atom is 0.109 e. The highest BCUT2D eigenvalue weighted by atomic mass is 16.3. The lowest BCUT2D eigenvalue weighted by Crippen LogP contribution is -2.24. The van der Waals surface area contributed by atoms with Crippen molar-refractivity contribution in [2.24, 2.45) is 0 Å². The molecule has 0 aliphatic carbocycles. The molecule has 2 heterocycles. The monoisotopic (exact) mass is 180 g/mol. The van der Waals surface area contributed by atoms with E-state index in [4.69, 9.17) is 4.42 Å². The number of hydrogen-bond donors (Lipinski definition) is 1. The van der Waals surface area contributed by atoms with Crippen LogP contribution >= 0.6 is 0 Å². The van der Waals surface area contributed by atoms with Gasteiger partial charge >= 0.3 is 0 Å². The molecule has 0 amide bonds. The molecule has 1 aliphatic heterocycles. The van der Waals surface area contributed by atoms with Crippen molar-refractivity contribution in [3.63, 3.8) is 0 Å². The van der Waals surface area contributed by atoms with Gasteiger partial charge in [0.25, 0.3) is 0 Å². The van der Waals surface area contributed by atoms with Crippen LogP contribution in [0.5, 0.6) is 0 Å². The quantitative estimate of drug-likeness (QED) is 0.696. The van der Waals surface area contributed by atoms with Crippen molar-refractivity contribution < 1.29 is 4.42 Å². The van der Waals surface area contributed by atoms with Gasteiger partial charge in [-0.2, -0.15) is 0 Å². The average Bonchev–Trinajstić information content (AvgIpc) is 2.56. The fourth-order valence-electron chi connectivity index (χ4n) is 1.79. The van der Waals surface area contributed by atoms with Gasteiger partial charge in [-0.1, -0.05) is 0 Å². The van der Waals surface area contributed by atoms with E-state index in [0.29, 0.717) is 5.92 Å². The van der Waals surface area contributed by atoms with Crippen LogP contribution in [0.15, 0.2) is 22.8 Å². The molecule has 2 rings (SSSR count). The molecule has 1 atom stereocenters. The normalized spacial score (nSPS) is 25.8. The van der Waals surface area contributed by atoms with Gasteiger partial charge in [-0.15, -0.1) is 0 Å². The summed E-state index contributed by atoms with van der Waals surface area (Å²) in [7, 11) is 2.16. The van der Waals surface area contributed by atoms with Gasteiger partial charge in [0.05, 0.1) is 6.26 Å². The maximum absolute atomic E-state index is 5.41. The number of likely N-dealkylation sites (N-methyl/N-ethyl adjacent to an activating group) is 1. The van der Waals surface area contributed by atoms with Gasteiger partial charge in [0, 0.05) is 32.1 Å². The molecule has 3 heteroatoms. The second-order valence-corrected chi connectivity index (χ2v) is 3.68. The summed E-state index contributed by atoms with van der Waals surface area (Å²) in [6.07, 6.45) is 1.75. The summed E-state index contributed by atoms with van der Waals surface area (Å²) < 4.78 is 5.41. The van der Waals surface area contributed by atoms with Gasteiger partial charge < -0.3 is 14.6 Å². The molecule has 0 aromatic carbocycles. The fourth-order valence-corrected chi connectivity index (χ4v) is 1.79. The molecule has 1 aliphatic rings. The van der Waals surface area contributed by atoms with Crippen LogP contribution in [0.1, 0.15) is 11.7 Å². The highest BCUT2D eigenvalue weighted by Crippen LogP contribution is 2.17. The maximum atomic E-state index is 5.41. The summed E-state index contributed by atoms with van der Waals surface area (Å²) in [6, 6.07) is 4.02. The van der Waals surface area contributed by atoms with Crippen LogP contribution in [0.3, 0.4) is 0 Å². The van der Waals surface area contributed by atoms with Crippen LogP contribution in [-0.2, 0) is 0 Å². The van der Waals surface area contributed by atoms with Crippen molar-refractivity contribution in [3.8, 4) is 0 Å². The Bertz CT molecular complexity index is 245. The number of rotatable bonds is 1. The van der Waals surface area contributed by atoms with Crippen LogP contribution in [-0.4, -0.2) is 38.1 Å². The van der Waals surface area contributed by atoms with Crippen LogP contribution in [0.2, 0.25) is 0 Å². The van der Waals surface area contributed by atoms with Gasteiger partial charge in [0.1, 0.15) is 5.76 Å². The Kier molecular flexibility index (Phi) is 2.66. The average molecular weight is 180 g/mol. The number of nitrogens with zero attached hydrogens (tertiary/aromatic N) is 1. The second-order valence-electron chi connectivity index (χ2n) is 3.68. The number of hydrogen-bond acceptors (Lipinski definition) is 3. The summed E-state index contributed by atoms with van der Waals surface area (Å²) in [6.45, 7) is 4.31. The van der Waals surface area contributed by atoms with E-state index < -0.39 is 0 Å². The number of nitrogens with one attached hydrogen (secondary N) is 1. The Balaban J connectivity index is 2.05. The Labute approximate surface area is 78.7 Å². The third-order valence-corrected chi connectivity index (χ3v) is 2.54. The Hall–Kier alpha value is -0.800. The molecule has 1 aromatic heterocycles. The molecular weight excluding hydrogens is 164 g/mol. The molecule has 1 N–H and O–H groups in total. The Morgan fingerprint density at radius 3 is 3.31 bits per heavy atom. The molecule has 0 radical (unpaired) electrons. The van der Waals surface area contributed by atoms with E-state index in [1.54, 1.807) is 6.26 Å². The van der Waals surface area contributed by atoms with Crippen molar-refractivity contribution in [2.75, 3.05) is 33.2 Å².